The molecule has 0 radical (unpaired) electrons. The predicted molar refractivity (Wildman–Crippen MR) is 69.2 cm³/mol. The minimum absolute atomic E-state index is 0.0694. The first kappa shape index (κ1) is 11.6. The monoisotopic (exact) mass is 252 g/mol. The third kappa shape index (κ3) is 2.12. The third-order valence-electron chi connectivity index (χ3n) is 2.56. The second-order valence-corrected chi connectivity index (χ2v) is 5.05. The molecule has 1 N–H and O–H groups in total. The van der Waals surface area contributed by atoms with Crippen LogP contribution in [-0.2, 0) is 0 Å². The van der Waals surface area contributed by atoms with Gasteiger partial charge in [-0.05, 0) is 43.1 Å². The van der Waals surface area contributed by atoms with Gasteiger partial charge in [0.2, 0.25) is 0 Å². The molecule has 0 bridgehead atoms. The van der Waals surface area contributed by atoms with Crippen molar-refractivity contribution in [3.63, 3.8) is 0 Å². The Morgan fingerprint density at radius 3 is 2.81 bits per heavy atom. The molecule has 2 aromatic heterocycles. The predicted octanol–water partition coefficient (Wildman–Crippen LogP) is 3.41. The Morgan fingerprint density at radius 1 is 1.44 bits per heavy atom. The van der Waals surface area contributed by atoms with Gasteiger partial charge in [0, 0.05) is 11.1 Å². The van der Waals surface area contributed by atoms with Gasteiger partial charge in [0.1, 0.15) is 0 Å². The molecule has 0 aliphatic carbocycles. The van der Waals surface area contributed by atoms with E-state index in [-0.39, 0.29) is 6.04 Å². The average molecular weight is 253 g/mol. The molecule has 0 saturated heterocycles. The van der Waals surface area contributed by atoms with Crippen molar-refractivity contribution in [3.8, 4) is 0 Å². The molecule has 2 rings (SSSR count). The zero-order valence-corrected chi connectivity index (χ0v) is 10.8. The molecular weight excluding hydrogens is 240 g/mol. The molecule has 84 valence electrons. The molecular formula is C12H13ClN2S. The molecule has 0 fully saturated rings. The highest BCUT2D eigenvalue weighted by molar-refractivity contribution is 7.10. The van der Waals surface area contributed by atoms with Crippen LogP contribution in [0.3, 0.4) is 0 Å². The maximum absolute atomic E-state index is 6.17. The van der Waals surface area contributed by atoms with Gasteiger partial charge in [-0.1, -0.05) is 11.6 Å². The van der Waals surface area contributed by atoms with Crippen molar-refractivity contribution in [2.45, 2.75) is 13.0 Å². The van der Waals surface area contributed by atoms with Crippen LogP contribution >= 0.6 is 22.9 Å². The fourth-order valence-electron chi connectivity index (χ4n) is 1.74. The highest BCUT2D eigenvalue weighted by atomic mass is 35.5. The van der Waals surface area contributed by atoms with E-state index in [2.05, 4.69) is 28.7 Å². The summed E-state index contributed by atoms with van der Waals surface area (Å²) >= 11 is 7.91. The lowest BCUT2D eigenvalue weighted by Crippen LogP contribution is -2.19. The zero-order valence-electron chi connectivity index (χ0n) is 9.20. The summed E-state index contributed by atoms with van der Waals surface area (Å²) < 4.78 is 0. The molecule has 0 aliphatic rings. The van der Waals surface area contributed by atoms with Crippen LogP contribution in [0, 0.1) is 6.92 Å². The summed E-state index contributed by atoms with van der Waals surface area (Å²) in [6.07, 6.45) is 1.77. The third-order valence-corrected chi connectivity index (χ3v) is 3.74. The average Bonchev–Trinajstić information content (AvgIpc) is 2.69. The summed E-state index contributed by atoms with van der Waals surface area (Å²) in [5.41, 5.74) is 2.13. The molecule has 2 aromatic rings. The minimum Gasteiger partial charge on any atom is -0.308 e. The minimum atomic E-state index is 0.0694. The number of rotatable bonds is 3. The lowest BCUT2D eigenvalue weighted by atomic mass is 10.0. The normalized spacial score (nSPS) is 12.7. The summed E-state index contributed by atoms with van der Waals surface area (Å²) in [7, 11) is 1.92. The molecule has 4 heteroatoms. The van der Waals surface area contributed by atoms with Crippen molar-refractivity contribution in [2.24, 2.45) is 0 Å². The molecule has 0 aliphatic heterocycles. The Kier molecular flexibility index (Phi) is 3.59. The smallest absolute Gasteiger partial charge is 0.0804 e. The van der Waals surface area contributed by atoms with E-state index in [9.17, 15) is 0 Å². The Bertz CT molecular complexity index is 481. The van der Waals surface area contributed by atoms with E-state index in [4.69, 9.17) is 11.6 Å². The lowest BCUT2D eigenvalue weighted by molar-refractivity contribution is 0.670. The van der Waals surface area contributed by atoms with Crippen LogP contribution in [-0.4, -0.2) is 12.0 Å². The van der Waals surface area contributed by atoms with Gasteiger partial charge in [-0.15, -0.1) is 11.3 Å². The molecule has 0 aromatic carbocycles. The van der Waals surface area contributed by atoms with Crippen LogP contribution in [0.4, 0.5) is 0 Å². The number of pyridine rings is 1. The van der Waals surface area contributed by atoms with Crippen molar-refractivity contribution in [2.75, 3.05) is 7.05 Å². The second-order valence-electron chi connectivity index (χ2n) is 3.52. The van der Waals surface area contributed by atoms with E-state index in [0.29, 0.717) is 5.02 Å². The van der Waals surface area contributed by atoms with Gasteiger partial charge in [-0.3, -0.25) is 4.98 Å². The van der Waals surface area contributed by atoms with Crippen LogP contribution < -0.4 is 5.32 Å². The Morgan fingerprint density at radius 2 is 2.25 bits per heavy atom. The first-order valence-electron chi connectivity index (χ1n) is 5.05. The summed E-state index contributed by atoms with van der Waals surface area (Å²) in [6, 6.07) is 5.90. The van der Waals surface area contributed by atoms with Crippen molar-refractivity contribution in [1.82, 2.24) is 10.3 Å². The highest BCUT2D eigenvalue weighted by Gasteiger charge is 2.18. The first-order chi connectivity index (χ1) is 7.74. The summed E-state index contributed by atoms with van der Waals surface area (Å²) in [5, 5.41) is 6.05. The maximum atomic E-state index is 6.17. The van der Waals surface area contributed by atoms with E-state index < -0.39 is 0 Å². The fourth-order valence-corrected chi connectivity index (χ4v) is 2.72. The van der Waals surface area contributed by atoms with Crippen molar-refractivity contribution in [1.29, 1.82) is 0 Å². The second kappa shape index (κ2) is 4.95. The van der Waals surface area contributed by atoms with E-state index >= 15 is 0 Å². The Hall–Kier alpha value is -0.900. The number of halogens is 1. The quantitative estimate of drug-likeness (QED) is 0.906. The summed E-state index contributed by atoms with van der Waals surface area (Å²) in [6.45, 7) is 2.11. The van der Waals surface area contributed by atoms with E-state index in [1.54, 1.807) is 17.5 Å². The van der Waals surface area contributed by atoms with Gasteiger partial charge in [-0.2, -0.15) is 0 Å². The van der Waals surface area contributed by atoms with Crippen molar-refractivity contribution in [3.05, 3.63) is 50.9 Å². The number of hydrogen-bond acceptors (Lipinski definition) is 3. The highest BCUT2D eigenvalue weighted by Crippen LogP contribution is 2.30. The fraction of sp³-hybridized carbons (Fsp3) is 0.250. The molecule has 2 heterocycles. The van der Waals surface area contributed by atoms with Gasteiger partial charge < -0.3 is 5.32 Å². The van der Waals surface area contributed by atoms with Crippen LogP contribution in [0.5, 0.6) is 0 Å². The SMILES string of the molecule is CNC(c1ccsc1C)c1ncccc1Cl. The summed E-state index contributed by atoms with van der Waals surface area (Å²) in [4.78, 5) is 5.65. The van der Waals surface area contributed by atoms with Crippen molar-refractivity contribution < 1.29 is 0 Å². The van der Waals surface area contributed by atoms with Crippen LogP contribution in [0.15, 0.2) is 29.8 Å². The topological polar surface area (TPSA) is 24.9 Å². The molecule has 0 amide bonds. The number of nitrogens with one attached hydrogen (secondary N) is 1. The van der Waals surface area contributed by atoms with E-state index in [1.165, 1.54) is 10.4 Å². The number of aromatic nitrogens is 1. The van der Waals surface area contributed by atoms with E-state index in [0.717, 1.165) is 5.69 Å². The van der Waals surface area contributed by atoms with Gasteiger partial charge in [0.05, 0.1) is 16.8 Å². The zero-order chi connectivity index (χ0) is 11.5. The lowest BCUT2D eigenvalue weighted by Gasteiger charge is -2.16. The molecule has 1 unspecified atom stereocenters. The van der Waals surface area contributed by atoms with Crippen LogP contribution in [0.25, 0.3) is 0 Å². The molecule has 16 heavy (non-hydrogen) atoms. The number of thiophene rings is 1. The van der Waals surface area contributed by atoms with Gasteiger partial charge in [0.25, 0.3) is 0 Å². The number of aryl methyl sites for hydroxylation is 1. The Labute approximate surface area is 104 Å². The van der Waals surface area contributed by atoms with Gasteiger partial charge in [-0.25, -0.2) is 0 Å². The molecule has 0 saturated carbocycles. The van der Waals surface area contributed by atoms with E-state index in [1.807, 2.05) is 19.2 Å². The standard InChI is InChI=1S/C12H13ClN2S/c1-8-9(5-7-16-8)11(14-2)12-10(13)4-3-6-15-12/h3-7,11,14H,1-2H3. The van der Waals surface area contributed by atoms with Crippen LogP contribution in [0.1, 0.15) is 22.2 Å². The Balaban J connectivity index is 2.45. The first-order valence-corrected chi connectivity index (χ1v) is 6.31. The van der Waals surface area contributed by atoms with Crippen LogP contribution in [0.2, 0.25) is 5.02 Å². The summed E-state index contributed by atoms with van der Waals surface area (Å²) in [5.74, 6) is 0. The molecule has 1 atom stereocenters. The molecule has 0 spiro atoms. The largest absolute Gasteiger partial charge is 0.308 e. The molecule has 2 nitrogen and oxygen atoms in total. The van der Waals surface area contributed by atoms with Gasteiger partial charge in [0.15, 0.2) is 0 Å². The number of hydrogen-bond donors (Lipinski definition) is 1. The van der Waals surface area contributed by atoms with Crippen molar-refractivity contribution >= 4 is 22.9 Å². The van der Waals surface area contributed by atoms with Gasteiger partial charge >= 0.3 is 0 Å². The number of nitrogens with zero attached hydrogens (tertiary/aromatic N) is 1. The maximum Gasteiger partial charge on any atom is 0.0804 e.